The molecule has 0 aromatic carbocycles. The van der Waals surface area contributed by atoms with Crippen molar-refractivity contribution in [3.05, 3.63) is 23.5 Å². The van der Waals surface area contributed by atoms with Gasteiger partial charge in [0.25, 0.3) is 0 Å². The van der Waals surface area contributed by atoms with E-state index < -0.39 is 5.60 Å². The molecule has 5 heteroatoms. The molecule has 0 saturated heterocycles. The minimum absolute atomic E-state index is 0.0175. The third-order valence-corrected chi connectivity index (χ3v) is 3.40. The van der Waals surface area contributed by atoms with E-state index in [0.717, 1.165) is 17.9 Å². The molecular formula is C14H23N3O2. The molecule has 0 aliphatic carbocycles. The highest BCUT2D eigenvalue weighted by Crippen LogP contribution is 2.28. The summed E-state index contributed by atoms with van der Waals surface area (Å²) in [6.45, 7) is 9.63. The fraction of sp³-hybridized carbons (Fsp3) is 0.643. The van der Waals surface area contributed by atoms with Crippen molar-refractivity contribution in [3.8, 4) is 0 Å². The van der Waals surface area contributed by atoms with Crippen LogP contribution in [0, 0.1) is 0 Å². The molecule has 0 radical (unpaired) electrons. The molecule has 1 aromatic rings. The molecule has 19 heavy (non-hydrogen) atoms. The van der Waals surface area contributed by atoms with Crippen molar-refractivity contribution in [1.29, 1.82) is 0 Å². The van der Waals surface area contributed by atoms with Crippen LogP contribution >= 0.6 is 0 Å². The SMILES string of the molecule is CC1c2ccc(CN)n2CCN1C(=O)OC(C)(C)C. The molecule has 0 bridgehead atoms. The summed E-state index contributed by atoms with van der Waals surface area (Å²) in [5, 5.41) is 0. The lowest BCUT2D eigenvalue weighted by atomic mass is 10.1. The molecule has 106 valence electrons. The highest BCUT2D eigenvalue weighted by atomic mass is 16.6. The van der Waals surface area contributed by atoms with Gasteiger partial charge in [0, 0.05) is 31.0 Å². The van der Waals surface area contributed by atoms with Crippen LogP contribution in [-0.4, -0.2) is 27.7 Å². The van der Waals surface area contributed by atoms with Crippen molar-refractivity contribution in [1.82, 2.24) is 9.47 Å². The first-order chi connectivity index (χ1) is 8.83. The predicted molar refractivity (Wildman–Crippen MR) is 73.7 cm³/mol. The maximum absolute atomic E-state index is 12.2. The van der Waals surface area contributed by atoms with Crippen molar-refractivity contribution in [3.63, 3.8) is 0 Å². The van der Waals surface area contributed by atoms with Gasteiger partial charge in [-0.3, -0.25) is 4.90 Å². The number of ether oxygens (including phenoxy) is 1. The molecular weight excluding hydrogens is 242 g/mol. The smallest absolute Gasteiger partial charge is 0.410 e. The Bertz CT molecular complexity index is 474. The van der Waals surface area contributed by atoms with Gasteiger partial charge in [0.2, 0.25) is 0 Å². The maximum atomic E-state index is 12.2. The van der Waals surface area contributed by atoms with Crippen LogP contribution in [0.25, 0.3) is 0 Å². The summed E-state index contributed by atoms with van der Waals surface area (Å²) in [4.78, 5) is 14.0. The lowest BCUT2D eigenvalue weighted by Gasteiger charge is -2.36. The lowest BCUT2D eigenvalue weighted by molar-refractivity contribution is 0.0125. The average molecular weight is 265 g/mol. The topological polar surface area (TPSA) is 60.5 Å². The number of rotatable bonds is 1. The zero-order valence-corrected chi connectivity index (χ0v) is 12.1. The minimum Gasteiger partial charge on any atom is -0.444 e. The van der Waals surface area contributed by atoms with Crippen LogP contribution in [0.1, 0.15) is 45.1 Å². The summed E-state index contributed by atoms with van der Waals surface area (Å²) in [6, 6.07) is 4.09. The van der Waals surface area contributed by atoms with E-state index in [-0.39, 0.29) is 12.1 Å². The molecule has 5 nitrogen and oxygen atoms in total. The monoisotopic (exact) mass is 265 g/mol. The van der Waals surface area contributed by atoms with Gasteiger partial charge in [0.1, 0.15) is 5.60 Å². The zero-order chi connectivity index (χ0) is 14.2. The molecule has 2 rings (SSSR count). The van der Waals surface area contributed by atoms with Crippen molar-refractivity contribution < 1.29 is 9.53 Å². The Hall–Kier alpha value is -1.49. The Balaban J connectivity index is 2.17. The van der Waals surface area contributed by atoms with E-state index in [1.54, 1.807) is 4.90 Å². The standard InChI is InChI=1S/C14H23N3O2/c1-10-12-6-5-11(9-15)17(12)8-7-16(10)13(18)19-14(2,3)4/h5-6,10H,7-9,15H2,1-4H3. The van der Waals surface area contributed by atoms with Crippen LogP contribution in [0.5, 0.6) is 0 Å². The number of nitrogens with two attached hydrogens (primary N) is 1. The Labute approximate surface area is 114 Å². The Kier molecular flexibility index (Phi) is 3.58. The third-order valence-electron chi connectivity index (χ3n) is 3.40. The van der Waals surface area contributed by atoms with Gasteiger partial charge in [0.15, 0.2) is 0 Å². The minimum atomic E-state index is -0.460. The second kappa shape index (κ2) is 4.89. The predicted octanol–water partition coefficient (Wildman–Crippen LogP) is 2.26. The van der Waals surface area contributed by atoms with E-state index in [9.17, 15) is 4.79 Å². The quantitative estimate of drug-likeness (QED) is 0.847. The van der Waals surface area contributed by atoms with Gasteiger partial charge in [-0.25, -0.2) is 4.79 Å². The first-order valence-corrected chi connectivity index (χ1v) is 6.71. The molecule has 1 aliphatic heterocycles. The number of hydrogen-bond acceptors (Lipinski definition) is 3. The molecule has 0 saturated carbocycles. The Morgan fingerprint density at radius 1 is 1.42 bits per heavy atom. The number of amides is 1. The molecule has 2 N–H and O–H groups in total. The van der Waals surface area contributed by atoms with Crippen LogP contribution in [-0.2, 0) is 17.8 Å². The van der Waals surface area contributed by atoms with E-state index in [1.165, 1.54) is 0 Å². The number of aromatic nitrogens is 1. The summed E-state index contributed by atoms with van der Waals surface area (Å²) >= 11 is 0. The molecule has 1 unspecified atom stereocenters. The summed E-state index contributed by atoms with van der Waals surface area (Å²) in [7, 11) is 0. The molecule has 1 amide bonds. The van der Waals surface area contributed by atoms with Gasteiger partial charge in [-0.15, -0.1) is 0 Å². The van der Waals surface area contributed by atoms with Gasteiger partial charge in [-0.05, 0) is 39.8 Å². The van der Waals surface area contributed by atoms with Gasteiger partial charge >= 0.3 is 6.09 Å². The van der Waals surface area contributed by atoms with Crippen LogP contribution in [0.3, 0.4) is 0 Å². The molecule has 1 aliphatic rings. The highest BCUT2D eigenvalue weighted by molar-refractivity contribution is 5.69. The highest BCUT2D eigenvalue weighted by Gasteiger charge is 2.31. The van der Waals surface area contributed by atoms with Gasteiger partial charge in [-0.2, -0.15) is 0 Å². The molecule has 0 fully saturated rings. The normalized spacial score (nSPS) is 19.2. The fourth-order valence-electron chi connectivity index (χ4n) is 2.47. The van der Waals surface area contributed by atoms with E-state index >= 15 is 0 Å². The Morgan fingerprint density at radius 3 is 2.68 bits per heavy atom. The lowest BCUT2D eigenvalue weighted by Crippen LogP contribution is -2.43. The van der Waals surface area contributed by atoms with Crippen molar-refractivity contribution in [2.45, 2.75) is 52.4 Å². The second-order valence-electron chi connectivity index (χ2n) is 5.96. The van der Waals surface area contributed by atoms with Crippen LogP contribution in [0.4, 0.5) is 4.79 Å². The van der Waals surface area contributed by atoms with Gasteiger partial charge < -0.3 is 15.0 Å². The molecule has 2 heterocycles. The first-order valence-electron chi connectivity index (χ1n) is 6.71. The Morgan fingerprint density at radius 2 is 2.11 bits per heavy atom. The van der Waals surface area contributed by atoms with E-state index in [1.807, 2.05) is 39.8 Å². The number of hydrogen-bond donors (Lipinski definition) is 1. The summed E-state index contributed by atoms with van der Waals surface area (Å²) in [5.74, 6) is 0. The third kappa shape index (κ3) is 2.76. The summed E-state index contributed by atoms with van der Waals surface area (Å²) < 4.78 is 7.65. The van der Waals surface area contributed by atoms with Crippen molar-refractivity contribution in [2.75, 3.05) is 6.54 Å². The zero-order valence-electron chi connectivity index (χ0n) is 12.1. The molecule has 0 spiro atoms. The second-order valence-corrected chi connectivity index (χ2v) is 5.96. The number of fused-ring (bicyclic) bond motifs is 1. The molecule has 1 atom stereocenters. The summed E-state index contributed by atoms with van der Waals surface area (Å²) in [5.41, 5.74) is 7.49. The van der Waals surface area contributed by atoms with Crippen molar-refractivity contribution >= 4 is 6.09 Å². The van der Waals surface area contributed by atoms with Crippen LogP contribution in [0.15, 0.2) is 12.1 Å². The largest absolute Gasteiger partial charge is 0.444 e. The van der Waals surface area contributed by atoms with E-state index in [4.69, 9.17) is 10.5 Å². The number of nitrogens with zero attached hydrogens (tertiary/aromatic N) is 2. The average Bonchev–Trinajstić information content (AvgIpc) is 2.70. The van der Waals surface area contributed by atoms with Crippen LogP contribution in [0.2, 0.25) is 0 Å². The van der Waals surface area contributed by atoms with E-state index in [2.05, 4.69) is 4.57 Å². The number of carbonyl (C=O) groups excluding carboxylic acids is 1. The van der Waals surface area contributed by atoms with Gasteiger partial charge in [0.05, 0.1) is 6.04 Å². The van der Waals surface area contributed by atoms with Gasteiger partial charge in [-0.1, -0.05) is 0 Å². The van der Waals surface area contributed by atoms with Crippen molar-refractivity contribution in [2.24, 2.45) is 5.73 Å². The first kappa shape index (κ1) is 13.9. The van der Waals surface area contributed by atoms with Crippen LogP contribution < -0.4 is 5.73 Å². The summed E-state index contributed by atoms with van der Waals surface area (Å²) in [6.07, 6.45) is -0.248. The molecule has 1 aromatic heterocycles. The fourth-order valence-corrected chi connectivity index (χ4v) is 2.47. The van der Waals surface area contributed by atoms with E-state index in [0.29, 0.717) is 13.1 Å². The maximum Gasteiger partial charge on any atom is 0.410 e. The number of carbonyl (C=O) groups is 1.